The van der Waals surface area contributed by atoms with Gasteiger partial charge in [0.2, 0.25) is 0 Å². The molecule has 4 aromatic rings. The fraction of sp³-hybridized carbons (Fsp3) is 0.0769. The number of carbonyl (C=O) groups excluding carboxylic acids is 1. The number of hydrogen-bond donors (Lipinski definition) is 3. The molecule has 1 aromatic heterocycles. The van der Waals surface area contributed by atoms with Gasteiger partial charge in [0.15, 0.2) is 0 Å². The Morgan fingerprint density at radius 2 is 1.56 bits per heavy atom. The van der Waals surface area contributed by atoms with Crippen LogP contribution in [0, 0.1) is 11.8 Å². The van der Waals surface area contributed by atoms with Crippen molar-refractivity contribution in [3.05, 3.63) is 89.7 Å². The molecule has 182 valence electrons. The van der Waals surface area contributed by atoms with E-state index < -0.39 is 15.9 Å². The molecule has 10 heteroatoms. The monoisotopic (exact) mass is 503 g/mol. The quantitative estimate of drug-likeness (QED) is 0.209. The number of aromatic nitrogens is 1. The van der Waals surface area contributed by atoms with E-state index in [0.717, 1.165) is 0 Å². The van der Waals surface area contributed by atoms with Gasteiger partial charge in [0.1, 0.15) is 17.2 Å². The van der Waals surface area contributed by atoms with Crippen LogP contribution in [0.15, 0.2) is 77.8 Å². The fourth-order valence-electron chi connectivity index (χ4n) is 3.55. The molecule has 0 aliphatic heterocycles. The van der Waals surface area contributed by atoms with E-state index in [4.69, 9.17) is 14.7 Å². The Labute approximate surface area is 207 Å². The van der Waals surface area contributed by atoms with Gasteiger partial charge in [-0.15, -0.1) is 0 Å². The summed E-state index contributed by atoms with van der Waals surface area (Å²) in [5, 5.41) is 9.99. The van der Waals surface area contributed by atoms with E-state index in [2.05, 4.69) is 21.5 Å². The lowest BCUT2D eigenvalue weighted by Crippen LogP contribution is -2.20. The maximum atomic E-state index is 13.4. The summed E-state index contributed by atoms with van der Waals surface area (Å²) < 4.78 is 40.0. The van der Waals surface area contributed by atoms with E-state index in [1.165, 1.54) is 38.0 Å². The third kappa shape index (κ3) is 4.93. The summed E-state index contributed by atoms with van der Waals surface area (Å²) in [6, 6.07) is 18.2. The highest BCUT2D eigenvalue weighted by molar-refractivity contribution is 7.93. The number of benzene rings is 3. The van der Waals surface area contributed by atoms with Crippen LogP contribution in [0.3, 0.4) is 0 Å². The van der Waals surface area contributed by atoms with Gasteiger partial charge < -0.3 is 9.47 Å². The number of carbonyl (C=O) groups is 1. The van der Waals surface area contributed by atoms with Crippen LogP contribution >= 0.6 is 0 Å². The first-order valence-electron chi connectivity index (χ1n) is 10.6. The summed E-state index contributed by atoms with van der Waals surface area (Å²) in [6.45, 7) is 0. The molecular weight excluding hydrogens is 482 g/mol. The normalized spacial score (nSPS) is 10.8. The predicted octanol–water partition coefficient (Wildman–Crippen LogP) is 3.57. The first-order valence-corrected chi connectivity index (χ1v) is 12.0. The van der Waals surface area contributed by atoms with E-state index in [1.807, 2.05) is 6.07 Å². The molecule has 1 amide bonds. The largest absolute Gasteiger partial charge is 0.496 e. The Morgan fingerprint density at radius 3 is 2.28 bits per heavy atom. The van der Waals surface area contributed by atoms with Gasteiger partial charge >= 0.3 is 0 Å². The van der Waals surface area contributed by atoms with Gasteiger partial charge in [-0.25, -0.2) is 18.9 Å². The average molecular weight is 504 g/mol. The summed E-state index contributed by atoms with van der Waals surface area (Å²) >= 11 is 0. The van der Waals surface area contributed by atoms with E-state index >= 15 is 0 Å². The van der Waals surface area contributed by atoms with Crippen LogP contribution < -0.4 is 19.7 Å². The minimum Gasteiger partial charge on any atom is -0.496 e. The molecule has 0 aliphatic carbocycles. The zero-order valence-electron chi connectivity index (χ0n) is 19.3. The number of methoxy groups -OCH3 is 2. The van der Waals surface area contributed by atoms with Crippen molar-refractivity contribution in [3.8, 4) is 23.3 Å². The summed E-state index contributed by atoms with van der Waals surface area (Å²) in [6.07, 6.45) is 1.33. The summed E-state index contributed by atoms with van der Waals surface area (Å²) in [7, 11) is -1.04. The smallest absolute Gasteiger partial charge is 0.293 e. The molecule has 36 heavy (non-hydrogen) atoms. The van der Waals surface area contributed by atoms with Crippen molar-refractivity contribution in [2.24, 2.45) is 0 Å². The van der Waals surface area contributed by atoms with Gasteiger partial charge in [0, 0.05) is 28.6 Å². The van der Waals surface area contributed by atoms with Crippen molar-refractivity contribution in [2.75, 3.05) is 18.9 Å². The third-order valence-corrected chi connectivity index (χ3v) is 6.70. The standard InChI is InChI=1S/C26H21N3O6S/c1-34-23-13-14-25(20-9-5-4-8-19(20)23)36(32,33)29-21-10-6-3-7-17(21)11-12-18-16-27-22(26(30)28-31)15-24(18)35-2/h3-10,13-16,29,31H,1-2H3,(H,28,30). The van der Waals surface area contributed by atoms with E-state index in [0.29, 0.717) is 27.6 Å². The lowest BCUT2D eigenvalue weighted by molar-refractivity contribution is 0.0700. The molecule has 9 nitrogen and oxygen atoms in total. The molecule has 0 saturated heterocycles. The van der Waals surface area contributed by atoms with Crippen molar-refractivity contribution in [1.82, 2.24) is 10.5 Å². The molecule has 3 aromatic carbocycles. The summed E-state index contributed by atoms with van der Waals surface area (Å²) in [5.41, 5.74) is 2.52. The number of nitrogens with zero attached hydrogens (tertiary/aromatic N) is 1. The highest BCUT2D eigenvalue weighted by atomic mass is 32.2. The number of anilines is 1. The molecule has 0 atom stereocenters. The molecule has 0 spiro atoms. The van der Waals surface area contributed by atoms with Crippen LogP contribution in [0.25, 0.3) is 10.8 Å². The van der Waals surface area contributed by atoms with Crippen LogP contribution in [0.2, 0.25) is 0 Å². The van der Waals surface area contributed by atoms with Crippen LogP contribution in [0.5, 0.6) is 11.5 Å². The van der Waals surface area contributed by atoms with Gasteiger partial charge in [-0.3, -0.25) is 14.7 Å². The Hall–Kier alpha value is -4.59. The number of pyridine rings is 1. The number of fused-ring (bicyclic) bond motifs is 1. The van der Waals surface area contributed by atoms with Crippen LogP contribution in [0.4, 0.5) is 5.69 Å². The molecule has 0 fully saturated rings. The van der Waals surface area contributed by atoms with Crippen molar-refractivity contribution >= 4 is 32.4 Å². The summed E-state index contributed by atoms with van der Waals surface area (Å²) in [4.78, 5) is 15.7. The number of sulfonamides is 1. The molecule has 3 N–H and O–H groups in total. The van der Waals surface area contributed by atoms with Crippen LogP contribution in [-0.4, -0.2) is 38.7 Å². The number of nitrogens with one attached hydrogen (secondary N) is 2. The molecule has 1 heterocycles. The van der Waals surface area contributed by atoms with Gasteiger partial charge in [-0.2, -0.15) is 0 Å². The van der Waals surface area contributed by atoms with Crippen molar-refractivity contribution < 1.29 is 27.9 Å². The van der Waals surface area contributed by atoms with Gasteiger partial charge in [0.25, 0.3) is 15.9 Å². The number of para-hydroxylation sites is 1. The second-order valence-electron chi connectivity index (χ2n) is 7.42. The number of hydroxylamine groups is 1. The molecule has 0 bridgehead atoms. The highest BCUT2D eigenvalue weighted by Gasteiger charge is 2.20. The van der Waals surface area contributed by atoms with Gasteiger partial charge in [0.05, 0.1) is 30.4 Å². The lowest BCUT2D eigenvalue weighted by Gasteiger charge is -2.13. The molecular formula is C26H21N3O6S. The molecule has 0 aliphatic rings. The first kappa shape index (κ1) is 24.5. The second-order valence-corrected chi connectivity index (χ2v) is 9.07. The maximum absolute atomic E-state index is 13.4. The Bertz CT molecular complexity index is 1620. The SMILES string of the molecule is COc1cc(C(=O)NO)ncc1C#Cc1ccccc1NS(=O)(=O)c1ccc(OC)c2ccccc12. The maximum Gasteiger partial charge on any atom is 0.293 e. The molecule has 0 saturated carbocycles. The van der Waals surface area contributed by atoms with E-state index in [1.54, 1.807) is 48.5 Å². The Morgan fingerprint density at radius 1 is 0.889 bits per heavy atom. The Kier molecular flexibility index (Phi) is 7.05. The zero-order valence-corrected chi connectivity index (χ0v) is 20.1. The second kappa shape index (κ2) is 10.4. The van der Waals surface area contributed by atoms with Gasteiger partial charge in [-0.1, -0.05) is 48.2 Å². The molecule has 0 unspecified atom stereocenters. The van der Waals surface area contributed by atoms with Crippen molar-refractivity contribution in [1.29, 1.82) is 0 Å². The molecule has 4 rings (SSSR count). The lowest BCUT2D eigenvalue weighted by atomic mass is 10.1. The highest BCUT2D eigenvalue weighted by Crippen LogP contribution is 2.32. The van der Waals surface area contributed by atoms with E-state index in [9.17, 15) is 13.2 Å². The number of hydrogen-bond acceptors (Lipinski definition) is 7. The average Bonchev–Trinajstić information content (AvgIpc) is 2.91. The number of rotatable bonds is 6. The van der Waals surface area contributed by atoms with Crippen molar-refractivity contribution in [3.63, 3.8) is 0 Å². The molecule has 0 radical (unpaired) electrons. The van der Waals surface area contributed by atoms with Crippen LogP contribution in [-0.2, 0) is 10.0 Å². The topological polar surface area (TPSA) is 127 Å². The number of ether oxygens (including phenoxy) is 2. The number of amides is 1. The minimum absolute atomic E-state index is 0.0558. The minimum atomic E-state index is -3.98. The van der Waals surface area contributed by atoms with Crippen molar-refractivity contribution in [2.45, 2.75) is 4.90 Å². The fourth-order valence-corrected chi connectivity index (χ4v) is 4.84. The summed E-state index contributed by atoms with van der Waals surface area (Å²) in [5.74, 6) is 5.86. The van der Waals surface area contributed by atoms with Gasteiger partial charge in [-0.05, 0) is 24.3 Å². The van der Waals surface area contributed by atoms with Crippen LogP contribution in [0.1, 0.15) is 21.6 Å². The first-order chi connectivity index (χ1) is 17.4. The predicted molar refractivity (Wildman–Crippen MR) is 134 cm³/mol. The Balaban J connectivity index is 1.71. The third-order valence-electron chi connectivity index (χ3n) is 5.28. The zero-order chi connectivity index (χ0) is 25.7. The van der Waals surface area contributed by atoms with E-state index in [-0.39, 0.29) is 22.0 Å².